The number of hydrogen-bond donors (Lipinski definition) is 2. The SMILES string of the molecule is O=C(N[C@@H]1CC(Cn2ccnc2-c2ccccc2)C[C@H]1O)c1ccoc1. The highest BCUT2D eigenvalue weighted by molar-refractivity contribution is 5.94. The minimum Gasteiger partial charge on any atom is -0.472 e. The number of aliphatic hydroxyl groups excluding tert-OH is 1. The average Bonchev–Trinajstić information content (AvgIpc) is 3.38. The molecule has 0 spiro atoms. The highest BCUT2D eigenvalue weighted by atomic mass is 16.3. The molecule has 0 saturated heterocycles. The van der Waals surface area contributed by atoms with Crippen molar-refractivity contribution in [3.05, 3.63) is 66.9 Å². The first kappa shape index (κ1) is 16.6. The van der Waals surface area contributed by atoms with Crippen molar-refractivity contribution < 1.29 is 14.3 Å². The van der Waals surface area contributed by atoms with Gasteiger partial charge in [0, 0.05) is 24.5 Å². The van der Waals surface area contributed by atoms with Crippen molar-refractivity contribution in [3.63, 3.8) is 0 Å². The van der Waals surface area contributed by atoms with Crippen molar-refractivity contribution in [3.8, 4) is 11.4 Å². The van der Waals surface area contributed by atoms with E-state index in [0.29, 0.717) is 12.0 Å². The summed E-state index contributed by atoms with van der Waals surface area (Å²) in [5.74, 6) is 0.985. The van der Waals surface area contributed by atoms with Gasteiger partial charge in [0.05, 0.1) is 24.0 Å². The smallest absolute Gasteiger partial charge is 0.254 e. The molecule has 2 heterocycles. The van der Waals surface area contributed by atoms with Crippen LogP contribution in [0.4, 0.5) is 0 Å². The molecule has 4 rings (SSSR count). The van der Waals surface area contributed by atoms with Crippen LogP contribution in [0.3, 0.4) is 0 Å². The Bertz CT molecular complexity index is 858. The highest BCUT2D eigenvalue weighted by Gasteiger charge is 2.34. The van der Waals surface area contributed by atoms with Crippen LogP contribution >= 0.6 is 0 Å². The fourth-order valence-corrected chi connectivity index (χ4v) is 3.65. The number of aliphatic hydroxyl groups is 1. The van der Waals surface area contributed by atoms with E-state index in [9.17, 15) is 9.90 Å². The topological polar surface area (TPSA) is 80.3 Å². The molecule has 2 N–H and O–H groups in total. The largest absolute Gasteiger partial charge is 0.472 e. The number of nitrogens with zero attached hydrogens (tertiary/aromatic N) is 2. The molecule has 0 bridgehead atoms. The van der Waals surface area contributed by atoms with Gasteiger partial charge in [-0.05, 0) is 24.8 Å². The number of amides is 1. The number of rotatable bonds is 5. The fraction of sp³-hybridized carbons (Fsp3) is 0.300. The molecule has 3 atom stereocenters. The first-order valence-electron chi connectivity index (χ1n) is 8.78. The van der Waals surface area contributed by atoms with E-state index < -0.39 is 6.10 Å². The molecule has 1 aromatic carbocycles. The normalized spacial score (nSPS) is 22.4. The van der Waals surface area contributed by atoms with Crippen molar-refractivity contribution in [1.82, 2.24) is 14.9 Å². The summed E-state index contributed by atoms with van der Waals surface area (Å²) in [6.45, 7) is 0.763. The van der Waals surface area contributed by atoms with E-state index >= 15 is 0 Å². The van der Waals surface area contributed by atoms with E-state index in [1.165, 1.54) is 12.5 Å². The summed E-state index contributed by atoms with van der Waals surface area (Å²) in [6.07, 6.45) is 7.48. The Kier molecular flexibility index (Phi) is 4.58. The molecule has 2 aromatic heterocycles. The lowest BCUT2D eigenvalue weighted by Crippen LogP contribution is -2.39. The van der Waals surface area contributed by atoms with Crippen LogP contribution in [0.2, 0.25) is 0 Å². The Morgan fingerprint density at radius 3 is 2.88 bits per heavy atom. The van der Waals surface area contributed by atoms with Crippen LogP contribution in [-0.2, 0) is 6.54 Å². The van der Waals surface area contributed by atoms with Crippen molar-refractivity contribution in [2.24, 2.45) is 5.92 Å². The second kappa shape index (κ2) is 7.17. The van der Waals surface area contributed by atoms with Crippen molar-refractivity contribution in [2.75, 3.05) is 0 Å². The maximum Gasteiger partial charge on any atom is 0.254 e. The van der Waals surface area contributed by atoms with Crippen LogP contribution in [0, 0.1) is 5.92 Å². The third-order valence-electron chi connectivity index (χ3n) is 4.93. The molecule has 0 aliphatic heterocycles. The summed E-state index contributed by atoms with van der Waals surface area (Å²) >= 11 is 0. The molecule has 1 unspecified atom stereocenters. The van der Waals surface area contributed by atoms with Gasteiger partial charge >= 0.3 is 0 Å². The molecule has 1 amide bonds. The highest BCUT2D eigenvalue weighted by Crippen LogP contribution is 2.29. The summed E-state index contributed by atoms with van der Waals surface area (Å²) in [6, 6.07) is 11.4. The maximum atomic E-state index is 12.2. The van der Waals surface area contributed by atoms with Crippen LogP contribution in [-0.4, -0.2) is 32.7 Å². The van der Waals surface area contributed by atoms with Gasteiger partial charge in [-0.3, -0.25) is 4.79 Å². The number of carbonyl (C=O) groups excluding carboxylic acids is 1. The molecule has 1 fully saturated rings. The number of aromatic nitrogens is 2. The van der Waals surface area contributed by atoms with Crippen molar-refractivity contribution in [2.45, 2.75) is 31.5 Å². The first-order chi connectivity index (χ1) is 12.7. The second-order valence-electron chi connectivity index (χ2n) is 6.77. The van der Waals surface area contributed by atoms with Crippen LogP contribution in [0.1, 0.15) is 23.2 Å². The van der Waals surface area contributed by atoms with E-state index in [1.54, 1.807) is 12.3 Å². The molecule has 26 heavy (non-hydrogen) atoms. The van der Waals surface area contributed by atoms with E-state index in [-0.39, 0.29) is 17.9 Å². The molecule has 3 aromatic rings. The zero-order valence-corrected chi connectivity index (χ0v) is 14.3. The monoisotopic (exact) mass is 351 g/mol. The zero-order valence-electron chi connectivity index (χ0n) is 14.3. The minimum absolute atomic E-state index is 0.212. The van der Waals surface area contributed by atoms with Gasteiger partial charge < -0.3 is 19.4 Å². The van der Waals surface area contributed by atoms with Gasteiger partial charge in [-0.15, -0.1) is 0 Å². The number of imidazole rings is 1. The molecule has 134 valence electrons. The van der Waals surface area contributed by atoms with Crippen LogP contribution in [0.25, 0.3) is 11.4 Å². The number of hydrogen-bond acceptors (Lipinski definition) is 4. The molecule has 6 heteroatoms. The van der Waals surface area contributed by atoms with Crippen LogP contribution < -0.4 is 5.32 Å². The zero-order chi connectivity index (χ0) is 17.9. The molecule has 0 radical (unpaired) electrons. The predicted octanol–water partition coefficient (Wildman–Crippen LogP) is 2.71. The predicted molar refractivity (Wildman–Crippen MR) is 96.4 cm³/mol. The Hall–Kier alpha value is -2.86. The molecule has 6 nitrogen and oxygen atoms in total. The minimum atomic E-state index is -0.542. The maximum absolute atomic E-state index is 12.2. The molecular formula is C20H21N3O3. The summed E-state index contributed by atoms with van der Waals surface area (Å²) in [5.41, 5.74) is 1.54. The molecule has 1 aliphatic rings. The summed E-state index contributed by atoms with van der Waals surface area (Å²) in [5, 5.41) is 13.3. The van der Waals surface area contributed by atoms with E-state index in [2.05, 4.69) is 14.9 Å². The van der Waals surface area contributed by atoms with E-state index in [1.807, 2.05) is 36.5 Å². The molecular weight excluding hydrogens is 330 g/mol. The summed E-state index contributed by atoms with van der Waals surface area (Å²) in [7, 11) is 0. The van der Waals surface area contributed by atoms with Gasteiger partial charge in [-0.1, -0.05) is 30.3 Å². The Morgan fingerprint density at radius 1 is 1.27 bits per heavy atom. The summed E-state index contributed by atoms with van der Waals surface area (Å²) in [4.78, 5) is 16.6. The number of furan rings is 1. The van der Waals surface area contributed by atoms with Crippen LogP contribution in [0.5, 0.6) is 0 Å². The lowest BCUT2D eigenvalue weighted by atomic mass is 10.1. The number of benzene rings is 1. The number of nitrogens with one attached hydrogen (secondary N) is 1. The summed E-state index contributed by atoms with van der Waals surface area (Å²) < 4.78 is 7.06. The Balaban J connectivity index is 1.41. The fourth-order valence-electron chi connectivity index (χ4n) is 3.65. The lowest BCUT2D eigenvalue weighted by molar-refractivity contribution is 0.0872. The number of carbonyl (C=O) groups is 1. The van der Waals surface area contributed by atoms with Gasteiger partial charge in [0.1, 0.15) is 12.1 Å². The van der Waals surface area contributed by atoms with E-state index in [4.69, 9.17) is 4.42 Å². The van der Waals surface area contributed by atoms with Gasteiger partial charge in [0.2, 0.25) is 0 Å². The van der Waals surface area contributed by atoms with Crippen LogP contribution in [0.15, 0.2) is 65.7 Å². The Morgan fingerprint density at radius 2 is 2.12 bits per heavy atom. The van der Waals surface area contributed by atoms with Crippen molar-refractivity contribution in [1.29, 1.82) is 0 Å². The second-order valence-corrected chi connectivity index (χ2v) is 6.77. The van der Waals surface area contributed by atoms with Gasteiger partial charge in [-0.2, -0.15) is 0 Å². The first-order valence-corrected chi connectivity index (χ1v) is 8.78. The third kappa shape index (κ3) is 3.41. The molecule has 1 saturated carbocycles. The van der Waals surface area contributed by atoms with Crippen molar-refractivity contribution >= 4 is 5.91 Å². The standard InChI is InChI=1S/C20H21N3O3/c24-18-11-14(10-17(18)22-20(25)16-6-9-26-13-16)12-23-8-7-21-19(23)15-4-2-1-3-5-15/h1-9,13-14,17-18,24H,10-12H2,(H,22,25)/t14?,17-,18-/m1/s1. The molecule has 1 aliphatic carbocycles. The quantitative estimate of drug-likeness (QED) is 0.741. The average molecular weight is 351 g/mol. The third-order valence-corrected chi connectivity index (χ3v) is 4.93. The van der Waals surface area contributed by atoms with Gasteiger partial charge in [-0.25, -0.2) is 4.98 Å². The lowest BCUT2D eigenvalue weighted by Gasteiger charge is -2.16. The van der Waals surface area contributed by atoms with Gasteiger partial charge in [0.15, 0.2) is 0 Å². The Labute approximate surface area is 151 Å². The van der Waals surface area contributed by atoms with E-state index in [0.717, 1.165) is 24.4 Å². The van der Waals surface area contributed by atoms with Gasteiger partial charge in [0.25, 0.3) is 5.91 Å².